The first-order valence-corrected chi connectivity index (χ1v) is 11.8. The third-order valence-electron chi connectivity index (χ3n) is 4.61. The highest BCUT2D eigenvalue weighted by atomic mass is 32.2. The molecule has 32 heavy (non-hydrogen) atoms. The zero-order valence-corrected chi connectivity index (χ0v) is 19.1. The van der Waals surface area contributed by atoms with Crippen LogP contribution in [0.5, 0.6) is 5.75 Å². The van der Waals surface area contributed by atoms with Gasteiger partial charge in [0.1, 0.15) is 5.75 Å². The molecule has 0 bridgehead atoms. The van der Waals surface area contributed by atoms with Crippen LogP contribution in [0.4, 0.5) is 16.5 Å². The molecule has 2 N–H and O–H groups in total. The third kappa shape index (κ3) is 5.87. The lowest BCUT2D eigenvalue weighted by Crippen LogP contribution is -2.15. The van der Waals surface area contributed by atoms with Crippen LogP contribution in [-0.2, 0) is 11.2 Å². The van der Waals surface area contributed by atoms with E-state index in [9.17, 15) is 4.79 Å². The van der Waals surface area contributed by atoms with Crippen LogP contribution in [0.1, 0.15) is 11.1 Å². The van der Waals surface area contributed by atoms with E-state index in [1.807, 2.05) is 66.7 Å². The first kappa shape index (κ1) is 21.9. The highest BCUT2D eigenvalue weighted by Gasteiger charge is 2.12. The highest BCUT2D eigenvalue weighted by molar-refractivity contribution is 8.01. The molecule has 3 aromatic carbocycles. The lowest BCUT2D eigenvalue weighted by molar-refractivity contribution is -0.113. The summed E-state index contributed by atoms with van der Waals surface area (Å²) in [5.74, 6) is 0.901. The summed E-state index contributed by atoms with van der Waals surface area (Å²) in [6.45, 7) is 0. The van der Waals surface area contributed by atoms with Crippen molar-refractivity contribution in [2.75, 3.05) is 23.5 Å². The predicted molar refractivity (Wildman–Crippen MR) is 131 cm³/mol. The second-order valence-corrected chi connectivity index (χ2v) is 9.05. The zero-order chi connectivity index (χ0) is 22.2. The molecule has 1 heterocycles. The van der Waals surface area contributed by atoms with Gasteiger partial charge in [-0.25, -0.2) is 0 Å². The number of aromatic nitrogens is 2. The number of anilines is 3. The number of rotatable bonds is 9. The Morgan fingerprint density at radius 1 is 0.938 bits per heavy atom. The van der Waals surface area contributed by atoms with Crippen molar-refractivity contribution < 1.29 is 9.53 Å². The number of carbonyl (C=O) groups excluding carboxylic acids is 1. The molecule has 8 heteroatoms. The van der Waals surface area contributed by atoms with Crippen molar-refractivity contribution >= 4 is 45.5 Å². The molecule has 1 aromatic heterocycles. The van der Waals surface area contributed by atoms with E-state index < -0.39 is 0 Å². The van der Waals surface area contributed by atoms with Crippen LogP contribution < -0.4 is 15.4 Å². The number of thioether (sulfide) groups is 1. The second kappa shape index (κ2) is 10.8. The van der Waals surface area contributed by atoms with E-state index in [4.69, 9.17) is 4.74 Å². The minimum Gasteiger partial charge on any atom is -0.495 e. The molecule has 0 saturated heterocycles. The number of nitrogens with one attached hydrogen (secondary N) is 2. The molecular weight excluding hydrogens is 440 g/mol. The number of ether oxygens (including phenoxy) is 1. The van der Waals surface area contributed by atoms with E-state index in [0.29, 0.717) is 5.13 Å². The van der Waals surface area contributed by atoms with E-state index in [-0.39, 0.29) is 11.7 Å². The van der Waals surface area contributed by atoms with Gasteiger partial charge in [-0.3, -0.25) is 4.79 Å². The van der Waals surface area contributed by atoms with Gasteiger partial charge in [-0.2, -0.15) is 0 Å². The standard InChI is InChI=1S/C24H22N4O2S2/c1-30-21-14-8-7-13-20(21)26-23-27-28-24(32-23)31-16-22(29)25-19-12-6-5-11-18(19)15-17-9-3-2-4-10-17/h2-14H,15-16H2,1H3,(H,25,29)(H,26,27). The summed E-state index contributed by atoms with van der Waals surface area (Å²) in [7, 11) is 1.62. The predicted octanol–water partition coefficient (Wildman–Crippen LogP) is 5.61. The molecule has 0 saturated carbocycles. The normalized spacial score (nSPS) is 10.5. The first-order valence-electron chi connectivity index (χ1n) is 9.99. The van der Waals surface area contributed by atoms with Crippen LogP contribution >= 0.6 is 23.1 Å². The number of benzene rings is 3. The van der Waals surface area contributed by atoms with E-state index in [2.05, 4.69) is 33.0 Å². The van der Waals surface area contributed by atoms with Crippen LogP contribution in [0, 0.1) is 0 Å². The van der Waals surface area contributed by atoms with Gasteiger partial charge in [0, 0.05) is 5.69 Å². The van der Waals surface area contributed by atoms with Gasteiger partial charge in [0.25, 0.3) is 0 Å². The van der Waals surface area contributed by atoms with Gasteiger partial charge in [-0.1, -0.05) is 83.8 Å². The Morgan fingerprint density at radius 3 is 2.47 bits per heavy atom. The fraction of sp³-hybridized carbons (Fsp3) is 0.125. The molecule has 4 rings (SSSR count). The van der Waals surface area contributed by atoms with Gasteiger partial charge >= 0.3 is 0 Å². The molecule has 0 fully saturated rings. The Bertz CT molecular complexity index is 1180. The summed E-state index contributed by atoms with van der Waals surface area (Å²) in [5.41, 5.74) is 3.93. The van der Waals surface area contributed by atoms with Crippen molar-refractivity contribution in [2.24, 2.45) is 0 Å². The fourth-order valence-electron chi connectivity index (χ4n) is 3.11. The molecule has 4 aromatic rings. The number of methoxy groups -OCH3 is 1. The van der Waals surface area contributed by atoms with Gasteiger partial charge in [0.2, 0.25) is 11.0 Å². The summed E-state index contributed by atoms with van der Waals surface area (Å²) >= 11 is 2.75. The fourth-order valence-corrected chi connectivity index (χ4v) is 4.67. The molecule has 0 aliphatic rings. The van der Waals surface area contributed by atoms with Gasteiger partial charge in [-0.15, -0.1) is 10.2 Å². The maximum Gasteiger partial charge on any atom is 0.234 e. The van der Waals surface area contributed by atoms with Gasteiger partial charge in [0.05, 0.1) is 18.6 Å². The topological polar surface area (TPSA) is 76.1 Å². The minimum absolute atomic E-state index is 0.0788. The van der Waals surface area contributed by atoms with Crippen LogP contribution in [0.25, 0.3) is 0 Å². The van der Waals surface area contributed by atoms with Crippen molar-refractivity contribution in [2.45, 2.75) is 10.8 Å². The summed E-state index contributed by atoms with van der Waals surface area (Å²) in [4.78, 5) is 12.6. The molecule has 0 unspecified atom stereocenters. The smallest absolute Gasteiger partial charge is 0.234 e. The second-order valence-electron chi connectivity index (χ2n) is 6.85. The van der Waals surface area contributed by atoms with Crippen molar-refractivity contribution in [3.8, 4) is 5.75 Å². The molecule has 0 atom stereocenters. The number of hydrogen-bond acceptors (Lipinski definition) is 7. The number of hydrogen-bond donors (Lipinski definition) is 2. The van der Waals surface area contributed by atoms with E-state index in [1.165, 1.54) is 28.7 Å². The lowest BCUT2D eigenvalue weighted by Gasteiger charge is -2.11. The minimum atomic E-state index is -0.0788. The summed E-state index contributed by atoms with van der Waals surface area (Å²) < 4.78 is 6.06. The van der Waals surface area contributed by atoms with Gasteiger partial charge in [-0.05, 0) is 35.7 Å². The van der Waals surface area contributed by atoms with Crippen LogP contribution in [0.2, 0.25) is 0 Å². The molecule has 0 aliphatic heterocycles. The van der Waals surface area contributed by atoms with Crippen LogP contribution in [0.3, 0.4) is 0 Å². The molecule has 162 valence electrons. The average molecular weight is 463 g/mol. The Balaban J connectivity index is 1.33. The van der Waals surface area contributed by atoms with E-state index in [1.54, 1.807) is 7.11 Å². The Hall–Kier alpha value is -3.36. The van der Waals surface area contributed by atoms with Crippen LogP contribution in [-0.4, -0.2) is 29.0 Å². The van der Waals surface area contributed by atoms with Crippen LogP contribution in [0.15, 0.2) is 83.2 Å². The SMILES string of the molecule is COc1ccccc1Nc1nnc(SCC(=O)Nc2ccccc2Cc2ccccc2)s1. The Labute approximate surface area is 195 Å². The molecule has 0 spiro atoms. The maximum absolute atomic E-state index is 12.6. The quantitative estimate of drug-likeness (QED) is 0.315. The number of carbonyl (C=O) groups is 1. The number of nitrogens with zero attached hydrogens (tertiary/aromatic N) is 2. The van der Waals surface area contributed by atoms with E-state index >= 15 is 0 Å². The van der Waals surface area contributed by atoms with Crippen molar-refractivity contribution in [1.29, 1.82) is 0 Å². The first-order chi connectivity index (χ1) is 15.7. The summed E-state index contributed by atoms with van der Waals surface area (Å²) in [6.07, 6.45) is 0.763. The van der Waals surface area contributed by atoms with Gasteiger partial charge < -0.3 is 15.4 Å². The molecule has 1 amide bonds. The summed E-state index contributed by atoms with van der Waals surface area (Å²) in [6, 6.07) is 25.7. The van der Waals surface area contributed by atoms with E-state index in [0.717, 1.165) is 33.4 Å². The summed E-state index contributed by atoms with van der Waals surface area (Å²) in [5, 5.41) is 15.2. The Kier molecular flexibility index (Phi) is 7.37. The monoisotopic (exact) mass is 462 g/mol. The van der Waals surface area contributed by atoms with Crippen molar-refractivity contribution in [3.05, 3.63) is 90.0 Å². The van der Waals surface area contributed by atoms with Crippen molar-refractivity contribution in [1.82, 2.24) is 10.2 Å². The maximum atomic E-state index is 12.6. The molecular formula is C24H22N4O2S2. The van der Waals surface area contributed by atoms with Gasteiger partial charge in [0.15, 0.2) is 4.34 Å². The number of para-hydroxylation sites is 3. The lowest BCUT2D eigenvalue weighted by atomic mass is 10.0. The molecule has 0 aliphatic carbocycles. The highest BCUT2D eigenvalue weighted by Crippen LogP contribution is 2.31. The third-order valence-corrected chi connectivity index (χ3v) is 6.58. The largest absolute Gasteiger partial charge is 0.495 e. The number of amides is 1. The van der Waals surface area contributed by atoms with Crippen molar-refractivity contribution in [3.63, 3.8) is 0 Å². The average Bonchev–Trinajstić information content (AvgIpc) is 3.27. The molecule has 0 radical (unpaired) electrons. The zero-order valence-electron chi connectivity index (χ0n) is 17.4. The molecule has 6 nitrogen and oxygen atoms in total. The Morgan fingerprint density at radius 2 is 1.66 bits per heavy atom.